The van der Waals surface area contributed by atoms with Crippen LogP contribution in [-0.2, 0) is 19.9 Å². The predicted octanol–water partition coefficient (Wildman–Crippen LogP) is 3.37. The van der Waals surface area contributed by atoms with E-state index < -0.39 is 11.5 Å². The molecule has 302 valence electrons. The van der Waals surface area contributed by atoms with Gasteiger partial charge in [-0.05, 0) is 108 Å². The molecule has 4 aliphatic rings. The maximum Gasteiger partial charge on any atom is 0.274 e. The number of nitrogens with one attached hydrogen (secondary N) is 2. The van der Waals surface area contributed by atoms with Crippen molar-refractivity contribution in [3.8, 4) is 17.9 Å². The van der Waals surface area contributed by atoms with E-state index in [2.05, 4.69) is 49.7 Å². The Balaban J connectivity index is 0.822. The fraction of sp³-hybridized carbons (Fsp3) is 0.422. The number of nitrogens with zero attached hydrogens (tertiary/aromatic N) is 7. The predicted molar refractivity (Wildman–Crippen MR) is 218 cm³/mol. The normalized spacial score (nSPS) is 21.8. The lowest BCUT2D eigenvalue weighted by Gasteiger charge is -2.39. The number of aliphatic hydroxyl groups is 1. The number of pyridine rings is 1. The third-order valence-electron chi connectivity index (χ3n) is 11.8. The van der Waals surface area contributed by atoms with E-state index in [0.29, 0.717) is 65.1 Å². The van der Waals surface area contributed by atoms with Gasteiger partial charge in [0, 0.05) is 53.4 Å². The van der Waals surface area contributed by atoms with Gasteiger partial charge in [-0.2, -0.15) is 10.4 Å². The Bertz CT molecular complexity index is 2590. The molecule has 3 fully saturated rings. The summed E-state index contributed by atoms with van der Waals surface area (Å²) in [6.07, 6.45) is 12.9. The van der Waals surface area contributed by atoms with Gasteiger partial charge in [0.25, 0.3) is 5.91 Å². The number of fused-ring (bicyclic) bond motifs is 2. The molecule has 14 heteroatoms. The average Bonchev–Trinajstić information content (AvgIpc) is 3.83. The van der Waals surface area contributed by atoms with Crippen molar-refractivity contribution in [2.75, 3.05) is 25.0 Å². The van der Waals surface area contributed by atoms with Crippen LogP contribution < -0.4 is 21.2 Å². The first-order valence-electron chi connectivity index (χ1n) is 20.4. The van der Waals surface area contributed by atoms with Gasteiger partial charge in [-0.15, -0.1) is 0 Å². The molecule has 8 rings (SSSR count). The molecule has 1 aromatic carbocycles. The lowest BCUT2D eigenvalue weighted by atomic mass is 9.85. The van der Waals surface area contributed by atoms with Crippen LogP contribution in [0.5, 0.6) is 0 Å². The smallest absolute Gasteiger partial charge is 0.274 e. The average molecular weight is 795 g/mol. The highest BCUT2D eigenvalue weighted by molar-refractivity contribution is 6.04. The second-order valence-corrected chi connectivity index (χ2v) is 16.4. The van der Waals surface area contributed by atoms with Gasteiger partial charge in [0.1, 0.15) is 23.7 Å². The highest BCUT2D eigenvalue weighted by Gasteiger charge is 2.32. The van der Waals surface area contributed by atoms with Crippen molar-refractivity contribution >= 4 is 41.3 Å². The number of imide groups is 1. The molecule has 1 saturated carbocycles. The van der Waals surface area contributed by atoms with Crippen molar-refractivity contribution in [1.82, 2.24) is 24.8 Å². The monoisotopic (exact) mass is 794 g/mol. The number of aromatic nitrogens is 3. The Hall–Kier alpha value is -6.06. The van der Waals surface area contributed by atoms with Gasteiger partial charge in [0.2, 0.25) is 18.0 Å². The van der Waals surface area contributed by atoms with Crippen molar-refractivity contribution in [2.24, 2.45) is 11.0 Å². The molecule has 1 aliphatic carbocycles. The second-order valence-electron chi connectivity index (χ2n) is 16.4. The van der Waals surface area contributed by atoms with Crippen LogP contribution >= 0.6 is 0 Å². The number of rotatable bonds is 8. The Morgan fingerprint density at radius 3 is 2.61 bits per heavy atom. The fourth-order valence-electron chi connectivity index (χ4n) is 8.61. The Labute approximate surface area is 342 Å². The van der Waals surface area contributed by atoms with Crippen molar-refractivity contribution < 1.29 is 28.9 Å². The number of carbonyl (C=O) groups excluding carboxylic acids is 3. The zero-order valence-electron chi connectivity index (χ0n) is 33.6. The molecule has 3 N–H and O–H groups in total. The zero-order chi connectivity index (χ0) is 41.3. The van der Waals surface area contributed by atoms with E-state index in [4.69, 9.17) is 9.84 Å². The second kappa shape index (κ2) is 16.7. The Kier molecular flexibility index (Phi) is 11.2. The molecule has 1 unspecified atom stereocenters. The third-order valence-corrected chi connectivity index (χ3v) is 11.8. The molecule has 3 amide bonds. The van der Waals surface area contributed by atoms with Crippen LogP contribution in [0.4, 0.5) is 5.69 Å². The van der Waals surface area contributed by atoms with Gasteiger partial charge < -0.3 is 20.1 Å². The van der Waals surface area contributed by atoms with Crippen LogP contribution in [0.15, 0.2) is 53.8 Å². The molecule has 3 aliphatic heterocycles. The van der Waals surface area contributed by atoms with E-state index in [9.17, 15) is 24.8 Å². The molecule has 59 heavy (non-hydrogen) atoms. The number of benzene rings is 1. The largest absolute Gasteiger partial charge is 0.386 e. The lowest BCUT2D eigenvalue weighted by molar-refractivity contribution is -0.424. The number of ether oxygens (including phenoxy) is 1. The number of anilines is 1. The molecular weight excluding hydrogens is 747 g/mol. The van der Waals surface area contributed by atoms with Gasteiger partial charge in [-0.25, -0.2) is 4.52 Å². The molecule has 0 radical (unpaired) electrons. The van der Waals surface area contributed by atoms with Crippen LogP contribution in [0.3, 0.4) is 0 Å². The maximum atomic E-state index is 13.5. The van der Waals surface area contributed by atoms with E-state index >= 15 is 0 Å². The molecule has 4 aromatic rings. The molecule has 1 atom stereocenters. The number of hydrogen-bond acceptors (Lipinski definition) is 10. The first-order valence-corrected chi connectivity index (χ1v) is 20.4. The number of likely N-dealkylation sites (tertiary alicyclic amines) is 1. The van der Waals surface area contributed by atoms with Gasteiger partial charge in [-0.3, -0.25) is 24.7 Å². The highest BCUT2D eigenvalue weighted by atomic mass is 16.5. The Morgan fingerprint density at radius 1 is 1.08 bits per heavy atom. The van der Waals surface area contributed by atoms with E-state index in [1.54, 1.807) is 32.0 Å². The number of hydrogen-bond donors (Lipinski definition) is 3. The van der Waals surface area contributed by atoms with Crippen molar-refractivity contribution in [3.05, 3.63) is 93.0 Å². The maximum absolute atomic E-state index is 13.5. The standard InChI is InChI=1S/C45H47N9O5/c1-28-31(8-13-38(48-28)36-12-15-42(55)50-43(36)56)5-4-20-59-35-16-18-52(19-17-35)33-9-6-29(7-10-33)26-53-27-32-22-40(37(45(2,3)58)23-39(32)51-53)49-44(57)41-14-11-34-21-30(24-46)25-47-54(34)41/h8,11,13-14,21-23,25-27,29,33,35-36,58H,6-7,9-10,12,15-20H2,1-3H3,(H-,49,50,55,56,57)/p+1/b53-26-. The first kappa shape index (κ1) is 39.8. The topological polar surface area (TPSA) is 177 Å². The molecule has 0 spiro atoms. The summed E-state index contributed by atoms with van der Waals surface area (Å²) in [5.74, 6) is 5.39. The molecular formula is C45H48N9O5+. The minimum atomic E-state index is -1.24. The van der Waals surface area contributed by atoms with Gasteiger partial charge >= 0.3 is 0 Å². The van der Waals surface area contributed by atoms with Crippen LogP contribution in [0, 0.1) is 36.0 Å². The van der Waals surface area contributed by atoms with Crippen LogP contribution in [0.2, 0.25) is 0 Å². The van der Waals surface area contributed by atoms with Crippen LogP contribution in [-0.4, -0.2) is 85.1 Å². The SMILES string of the molecule is Cc1nc(C2CCC(=O)NC2=O)ccc1C#CCOC1CCN(C2CCC(/C=[N+]3/C=c4cc(NC(=O)c5ccc6cc(C#N)cnn56)c(C(C)(C)O)cc4=N3)CC2)CC1. The minimum absolute atomic E-state index is 0.184. The van der Waals surface area contributed by atoms with Gasteiger partial charge in [0.05, 0.1) is 51.5 Å². The molecule has 3 aromatic heterocycles. The summed E-state index contributed by atoms with van der Waals surface area (Å²) in [4.78, 5) is 44.4. The molecule has 2 saturated heterocycles. The summed E-state index contributed by atoms with van der Waals surface area (Å²) in [6, 6.07) is 15.1. The molecule has 6 heterocycles. The van der Waals surface area contributed by atoms with E-state index in [1.165, 1.54) is 10.7 Å². The van der Waals surface area contributed by atoms with E-state index in [0.717, 1.165) is 73.4 Å². The molecule has 14 nitrogen and oxygen atoms in total. The lowest BCUT2D eigenvalue weighted by Crippen LogP contribution is -2.45. The summed E-state index contributed by atoms with van der Waals surface area (Å²) in [5, 5.41) is 36.4. The fourth-order valence-corrected chi connectivity index (χ4v) is 8.61. The Morgan fingerprint density at radius 2 is 1.88 bits per heavy atom. The van der Waals surface area contributed by atoms with E-state index in [-0.39, 0.29) is 23.8 Å². The van der Waals surface area contributed by atoms with Crippen LogP contribution in [0.1, 0.15) is 110 Å². The summed E-state index contributed by atoms with van der Waals surface area (Å²) in [6.45, 7) is 7.62. The molecule has 0 bridgehead atoms. The van der Waals surface area contributed by atoms with Crippen molar-refractivity contribution in [2.45, 2.75) is 95.8 Å². The number of amides is 3. The van der Waals surface area contributed by atoms with Gasteiger partial charge in [0.15, 0.2) is 6.21 Å². The van der Waals surface area contributed by atoms with Gasteiger partial charge in [-0.1, -0.05) is 16.5 Å². The number of piperidine rings is 2. The van der Waals surface area contributed by atoms with Crippen molar-refractivity contribution in [1.29, 1.82) is 5.26 Å². The highest BCUT2D eigenvalue weighted by Crippen LogP contribution is 2.30. The zero-order valence-corrected chi connectivity index (χ0v) is 33.6. The first-order chi connectivity index (χ1) is 28.4. The quantitative estimate of drug-likeness (QED) is 0.137. The summed E-state index contributed by atoms with van der Waals surface area (Å²) in [5.41, 5.74) is 3.39. The summed E-state index contributed by atoms with van der Waals surface area (Å²) in [7, 11) is 0. The number of nitriles is 1. The number of carbonyl (C=O) groups is 3. The van der Waals surface area contributed by atoms with Crippen molar-refractivity contribution in [3.63, 3.8) is 0 Å². The number of aryl methyl sites for hydroxylation is 1. The van der Waals surface area contributed by atoms with Crippen LogP contribution in [0.25, 0.3) is 11.7 Å². The minimum Gasteiger partial charge on any atom is -0.386 e. The summed E-state index contributed by atoms with van der Waals surface area (Å²) >= 11 is 0. The van der Waals surface area contributed by atoms with E-state index in [1.807, 2.05) is 42.1 Å². The summed E-state index contributed by atoms with van der Waals surface area (Å²) < 4.78 is 9.53. The third kappa shape index (κ3) is 8.86.